The summed E-state index contributed by atoms with van der Waals surface area (Å²) in [6.07, 6.45) is -1.40. The molecule has 108 valence electrons. The van der Waals surface area contributed by atoms with Gasteiger partial charge >= 0.3 is 6.03 Å². The molecule has 10 heteroatoms. The van der Waals surface area contributed by atoms with Crippen molar-refractivity contribution < 1.29 is 24.2 Å². The third-order valence-electron chi connectivity index (χ3n) is 3.06. The zero-order valence-electron chi connectivity index (χ0n) is 10.1. The number of nitrogens with zero attached hydrogens (tertiary/aromatic N) is 1. The molecule has 4 N–H and O–H groups in total. The fourth-order valence-corrected chi connectivity index (χ4v) is 2.28. The third kappa shape index (κ3) is 3.43. The number of ether oxygens (including phenoxy) is 2. The molecule has 0 spiro atoms. The molecule has 0 aliphatic carbocycles. The summed E-state index contributed by atoms with van der Waals surface area (Å²) in [7, 11) is 0. The first-order chi connectivity index (χ1) is 9.08. The van der Waals surface area contributed by atoms with Crippen LogP contribution in [0.2, 0.25) is 0 Å². The molecule has 0 aromatic carbocycles. The maximum Gasteiger partial charge on any atom is 0.312 e. The third-order valence-corrected chi connectivity index (χ3v) is 3.06. The van der Waals surface area contributed by atoms with Crippen molar-refractivity contribution in [1.29, 1.82) is 0 Å². The van der Waals surface area contributed by atoms with Crippen LogP contribution >= 0.6 is 0 Å². The van der Waals surface area contributed by atoms with Crippen LogP contribution in [-0.2, 0) is 14.3 Å². The van der Waals surface area contributed by atoms with Gasteiger partial charge in [-0.3, -0.25) is 0 Å². The summed E-state index contributed by atoms with van der Waals surface area (Å²) in [5.74, 6) is 0. The largest absolute Gasteiger partial charge is 0.371 e. The Balaban J connectivity index is 1.74. The van der Waals surface area contributed by atoms with Gasteiger partial charge in [-0.1, -0.05) is 0 Å². The summed E-state index contributed by atoms with van der Waals surface area (Å²) >= 11 is 0. The lowest BCUT2D eigenvalue weighted by Crippen LogP contribution is -2.45. The predicted molar refractivity (Wildman–Crippen MR) is 60.7 cm³/mol. The molecule has 2 rings (SSSR count). The summed E-state index contributed by atoms with van der Waals surface area (Å²) in [5, 5.41) is 15.0. The normalized spacial score (nSPS) is 32.8. The Morgan fingerprint density at radius 2 is 2.11 bits per heavy atom. The molecule has 0 saturated carbocycles. The number of hydrogen-bond acceptors (Lipinski definition) is 7. The van der Waals surface area contributed by atoms with E-state index in [-0.39, 0.29) is 18.8 Å². The molecule has 0 aromatic heterocycles. The van der Waals surface area contributed by atoms with Crippen molar-refractivity contribution in [2.45, 2.75) is 24.4 Å². The highest BCUT2D eigenvalue weighted by Gasteiger charge is 2.49. The molecule has 2 aliphatic rings. The summed E-state index contributed by atoms with van der Waals surface area (Å²) < 4.78 is 10.9. The van der Waals surface area contributed by atoms with Gasteiger partial charge in [0.05, 0.1) is 19.3 Å². The number of nitrogens with two attached hydrogens (primary N) is 1. The van der Waals surface area contributed by atoms with Crippen LogP contribution in [0.3, 0.4) is 0 Å². The number of amides is 2. The molecule has 0 radical (unpaired) electrons. The van der Waals surface area contributed by atoms with Gasteiger partial charge < -0.3 is 30.7 Å². The first-order valence-electron chi connectivity index (χ1n) is 5.89. The average Bonchev–Trinajstić information content (AvgIpc) is 2.88. The molecule has 2 saturated heterocycles. The Labute approximate surface area is 108 Å². The number of urea groups is 1. The summed E-state index contributed by atoms with van der Waals surface area (Å²) in [6, 6.07) is -0.668. The van der Waals surface area contributed by atoms with Crippen molar-refractivity contribution >= 4 is 6.03 Å². The SMILES string of the molecule is NC(=O)NCCN[C@H]1CO[C@H]2[C@@H]1OC[C@H]2O[N+](=O)[O-]. The van der Waals surface area contributed by atoms with Gasteiger partial charge in [0.1, 0.15) is 12.2 Å². The summed E-state index contributed by atoms with van der Waals surface area (Å²) in [6.45, 7) is 1.40. The van der Waals surface area contributed by atoms with Crippen molar-refractivity contribution in [3.05, 3.63) is 10.1 Å². The second-order valence-corrected chi connectivity index (χ2v) is 4.32. The fourth-order valence-electron chi connectivity index (χ4n) is 2.28. The molecule has 2 aliphatic heterocycles. The number of primary amides is 1. The Hall–Kier alpha value is -1.65. The van der Waals surface area contributed by atoms with Gasteiger partial charge in [0, 0.05) is 13.1 Å². The monoisotopic (exact) mass is 276 g/mol. The molecule has 2 fully saturated rings. The van der Waals surface area contributed by atoms with Crippen LogP contribution in [-0.4, -0.2) is 61.8 Å². The molecule has 0 bridgehead atoms. The Morgan fingerprint density at radius 1 is 1.37 bits per heavy atom. The molecular formula is C9H16N4O6. The highest BCUT2D eigenvalue weighted by atomic mass is 17.0. The van der Waals surface area contributed by atoms with Gasteiger partial charge in [-0.25, -0.2) is 4.79 Å². The minimum atomic E-state index is -0.836. The summed E-state index contributed by atoms with van der Waals surface area (Å²) in [5.41, 5.74) is 4.93. The molecular weight excluding hydrogens is 260 g/mol. The van der Waals surface area contributed by atoms with Gasteiger partial charge in [0.2, 0.25) is 0 Å². The lowest BCUT2D eigenvalue weighted by atomic mass is 10.1. The average molecular weight is 276 g/mol. The summed E-state index contributed by atoms with van der Waals surface area (Å²) in [4.78, 5) is 25.3. The molecule has 0 aromatic rings. The number of hydrogen-bond donors (Lipinski definition) is 3. The van der Waals surface area contributed by atoms with Gasteiger partial charge in [-0.05, 0) is 0 Å². The maximum absolute atomic E-state index is 10.5. The Morgan fingerprint density at radius 3 is 2.79 bits per heavy atom. The van der Waals surface area contributed by atoms with Gasteiger partial charge in [-0.2, -0.15) is 0 Å². The Kier molecular flexibility index (Phi) is 4.35. The first-order valence-corrected chi connectivity index (χ1v) is 5.89. The second kappa shape index (κ2) is 5.99. The van der Waals surface area contributed by atoms with E-state index < -0.39 is 23.3 Å². The van der Waals surface area contributed by atoms with Crippen LogP contribution in [0.25, 0.3) is 0 Å². The molecule has 0 unspecified atom stereocenters. The van der Waals surface area contributed by atoms with Crippen LogP contribution in [0.15, 0.2) is 0 Å². The zero-order chi connectivity index (χ0) is 13.8. The minimum Gasteiger partial charge on any atom is -0.371 e. The van der Waals surface area contributed by atoms with Gasteiger partial charge in [0.15, 0.2) is 6.10 Å². The van der Waals surface area contributed by atoms with Crippen LogP contribution in [0.5, 0.6) is 0 Å². The maximum atomic E-state index is 10.5. The van der Waals surface area contributed by atoms with E-state index in [1.165, 1.54) is 0 Å². The highest BCUT2D eigenvalue weighted by Crippen LogP contribution is 2.28. The van der Waals surface area contributed by atoms with Crippen molar-refractivity contribution in [2.24, 2.45) is 5.73 Å². The topological polar surface area (TPSA) is 138 Å². The number of carbonyl (C=O) groups is 1. The number of nitrogens with one attached hydrogen (secondary N) is 2. The quantitative estimate of drug-likeness (QED) is 0.289. The van der Waals surface area contributed by atoms with E-state index in [1.54, 1.807) is 0 Å². The molecule has 2 heterocycles. The molecule has 4 atom stereocenters. The van der Waals surface area contributed by atoms with Crippen LogP contribution in [0, 0.1) is 10.1 Å². The van der Waals surface area contributed by atoms with Crippen LogP contribution in [0.4, 0.5) is 4.79 Å². The number of carbonyl (C=O) groups excluding carboxylic acids is 1. The predicted octanol–water partition coefficient (Wildman–Crippen LogP) is -2.01. The lowest BCUT2D eigenvalue weighted by molar-refractivity contribution is -0.769. The Bertz CT molecular complexity index is 354. The van der Waals surface area contributed by atoms with Crippen molar-refractivity contribution in [2.75, 3.05) is 26.3 Å². The minimum absolute atomic E-state index is 0.0833. The van der Waals surface area contributed by atoms with E-state index >= 15 is 0 Å². The van der Waals surface area contributed by atoms with Crippen molar-refractivity contribution in [3.63, 3.8) is 0 Å². The van der Waals surface area contributed by atoms with Crippen LogP contribution < -0.4 is 16.4 Å². The fraction of sp³-hybridized carbons (Fsp3) is 0.889. The van der Waals surface area contributed by atoms with Crippen molar-refractivity contribution in [1.82, 2.24) is 10.6 Å². The standard InChI is InChI=1S/C9H16N4O6/c10-9(14)12-2-1-11-5-3-17-8-6(19-13(15)16)4-18-7(5)8/h5-8,11H,1-4H2,(H3,10,12,14)/t5-,6+,7+,8+/m0/s1. The number of fused-ring (bicyclic) bond motifs is 1. The van der Waals surface area contributed by atoms with E-state index in [0.717, 1.165) is 0 Å². The van der Waals surface area contributed by atoms with E-state index in [0.29, 0.717) is 19.7 Å². The number of rotatable bonds is 6. The van der Waals surface area contributed by atoms with E-state index in [9.17, 15) is 14.9 Å². The van der Waals surface area contributed by atoms with Crippen molar-refractivity contribution in [3.8, 4) is 0 Å². The van der Waals surface area contributed by atoms with Gasteiger partial charge in [0.25, 0.3) is 5.09 Å². The first kappa shape index (κ1) is 13.8. The van der Waals surface area contributed by atoms with E-state index in [1.807, 2.05) is 0 Å². The highest BCUT2D eigenvalue weighted by molar-refractivity contribution is 5.71. The van der Waals surface area contributed by atoms with Gasteiger partial charge in [-0.15, -0.1) is 10.1 Å². The van der Waals surface area contributed by atoms with E-state index in [4.69, 9.17) is 15.2 Å². The molecule has 19 heavy (non-hydrogen) atoms. The smallest absolute Gasteiger partial charge is 0.312 e. The van der Waals surface area contributed by atoms with E-state index in [2.05, 4.69) is 15.5 Å². The molecule has 2 amide bonds. The zero-order valence-corrected chi connectivity index (χ0v) is 10.1. The molecule has 10 nitrogen and oxygen atoms in total. The lowest BCUT2D eigenvalue weighted by Gasteiger charge is -2.17. The second-order valence-electron chi connectivity index (χ2n) is 4.32. The van der Waals surface area contributed by atoms with Crippen LogP contribution in [0.1, 0.15) is 0 Å².